The molecule has 0 atom stereocenters. The van der Waals surface area contributed by atoms with E-state index in [2.05, 4.69) is 5.32 Å². The van der Waals surface area contributed by atoms with Crippen LogP contribution in [-0.2, 0) is 4.79 Å². The summed E-state index contributed by atoms with van der Waals surface area (Å²) in [5, 5.41) is 3.05. The summed E-state index contributed by atoms with van der Waals surface area (Å²) in [6.45, 7) is 2.39. The topological polar surface area (TPSA) is 101 Å². The number of aryl methyl sites for hydroxylation is 1. The van der Waals surface area contributed by atoms with Crippen molar-refractivity contribution in [1.82, 2.24) is 0 Å². The molecule has 2 aromatic rings. The summed E-state index contributed by atoms with van der Waals surface area (Å²) < 4.78 is 0. The van der Waals surface area contributed by atoms with E-state index < -0.39 is 0 Å². The molecule has 0 aromatic heterocycles. The van der Waals surface area contributed by atoms with Gasteiger partial charge in [-0.05, 0) is 37.3 Å². The van der Waals surface area contributed by atoms with Crippen LogP contribution < -0.4 is 21.7 Å². The number of benzene rings is 2. The van der Waals surface area contributed by atoms with E-state index in [1.165, 1.54) is 0 Å². The predicted molar refractivity (Wildman–Crippen MR) is 97.1 cm³/mol. The van der Waals surface area contributed by atoms with Crippen molar-refractivity contribution < 1.29 is 9.59 Å². The van der Waals surface area contributed by atoms with Crippen LogP contribution in [0, 0.1) is 6.92 Å². The van der Waals surface area contributed by atoms with Gasteiger partial charge >= 0.3 is 0 Å². The van der Waals surface area contributed by atoms with Crippen LogP contribution in [-0.4, -0.2) is 25.4 Å². The Labute approximate surface area is 141 Å². The van der Waals surface area contributed by atoms with Crippen LogP contribution in [0.15, 0.2) is 42.5 Å². The number of hydrogen-bond acceptors (Lipinski definition) is 4. The lowest BCUT2D eigenvalue weighted by Crippen LogP contribution is -2.26. The number of carbonyl (C=O) groups excluding carboxylic acids is 2. The Balaban J connectivity index is 2.10. The maximum Gasteiger partial charge on any atom is 0.258 e. The molecular weight excluding hydrogens is 304 g/mol. The normalized spacial score (nSPS) is 10.2. The minimum atomic E-state index is -0.374. The van der Waals surface area contributed by atoms with Gasteiger partial charge in [0, 0.05) is 31.3 Å². The lowest BCUT2D eigenvalue weighted by molar-refractivity contribution is -0.117. The van der Waals surface area contributed by atoms with Crippen LogP contribution in [0.1, 0.15) is 22.3 Å². The number of anilines is 3. The van der Waals surface area contributed by atoms with E-state index in [4.69, 9.17) is 11.5 Å². The van der Waals surface area contributed by atoms with Gasteiger partial charge in [-0.1, -0.05) is 17.7 Å². The number of nitrogens with zero attached hydrogens (tertiary/aromatic N) is 1. The standard InChI is InChI=1S/C18H22N4O2/c1-12-3-5-13(6-4-12)18(24)22(2)14-7-8-16(15(19)11-14)21-10-9-17(20)23/h3-8,11,21H,9-10,19H2,1-2H3,(H2,20,23). The highest BCUT2D eigenvalue weighted by atomic mass is 16.2. The second kappa shape index (κ2) is 7.50. The largest absolute Gasteiger partial charge is 0.397 e. The first-order valence-electron chi connectivity index (χ1n) is 7.65. The van der Waals surface area contributed by atoms with Crippen molar-refractivity contribution in [3.8, 4) is 0 Å². The number of nitrogen functional groups attached to an aromatic ring is 1. The number of amides is 2. The van der Waals surface area contributed by atoms with E-state index >= 15 is 0 Å². The molecular formula is C18H22N4O2. The van der Waals surface area contributed by atoms with E-state index in [1.807, 2.05) is 19.1 Å². The van der Waals surface area contributed by atoms with Crippen LogP contribution >= 0.6 is 0 Å². The Bertz CT molecular complexity index is 741. The number of hydrogen-bond donors (Lipinski definition) is 3. The highest BCUT2D eigenvalue weighted by Gasteiger charge is 2.14. The van der Waals surface area contributed by atoms with Crippen LogP contribution in [0.5, 0.6) is 0 Å². The van der Waals surface area contributed by atoms with Crippen molar-refractivity contribution >= 4 is 28.9 Å². The lowest BCUT2D eigenvalue weighted by atomic mass is 10.1. The third-order valence-electron chi connectivity index (χ3n) is 3.71. The van der Waals surface area contributed by atoms with E-state index in [1.54, 1.807) is 42.3 Å². The van der Waals surface area contributed by atoms with E-state index in [0.717, 1.165) is 5.56 Å². The predicted octanol–water partition coefficient (Wildman–Crippen LogP) is 2.14. The quantitative estimate of drug-likeness (QED) is 0.708. The lowest BCUT2D eigenvalue weighted by Gasteiger charge is -2.19. The molecule has 6 nitrogen and oxygen atoms in total. The van der Waals surface area contributed by atoms with Gasteiger partial charge in [-0.25, -0.2) is 0 Å². The van der Waals surface area contributed by atoms with Crippen molar-refractivity contribution in [3.05, 3.63) is 53.6 Å². The van der Waals surface area contributed by atoms with Crippen molar-refractivity contribution in [2.75, 3.05) is 29.5 Å². The molecule has 0 unspecified atom stereocenters. The maximum absolute atomic E-state index is 12.5. The monoisotopic (exact) mass is 326 g/mol. The van der Waals surface area contributed by atoms with Crippen molar-refractivity contribution in [2.45, 2.75) is 13.3 Å². The van der Waals surface area contributed by atoms with E-state index in [0.29, 0.717) is 29.2 Å². The van der Waals surface area contributed by atoms with Crippen LogP contribution in [0.3, 0.4) is 0 Å². The highest BCUT2D eigenvalue weighted by molar-refractivity contribution is 6.06. The van der Waals surface area contributed by atoms with E-state index in [-0.39, 0.29) is 18.2 Å². The molecule has 0 heterocycles. The van der Waals surface area contributed by atoms with Crippen LogP contribution in [0.25, 0.3) is 0 Å². The van der Waals surface area contributed by atoms with Gasteiger partial charge in [-0.3, -0.25) is 9.59 Å². The van der Waals surface area contributed by atoms with Crippen LogP contribution in [0.2, 0.25) is 0 Å². The summed E-state index contributed by atoms with van der Waals surface area (Å²) >= 11 is 0. The summed E-state index contributed by atoms with van der Waals surface area (Å²) in [4.78, 5) is 24.8. The molecule has 0 bridgehead atoms. The molecule has 0 aliphatic rings. The van der Waals surface area contributed by atoms with Gasteiger partial charge in [0.2, 0.25) is 5.91 Å². The number of primary amides is 1. The highest BCUT2D eigenvalue weighted by Crippen LogP contribution is 2.25. The van der Waals surface area contributed by atoms with Gasteiger partial charge in [0.15, 0.2) is 0 Å². The zero-order valence-corrected chi connectivity index (χ0v) is 13.9. The summed E-state index contributed by atoms with van der Waals surface area (Å²) in [5.74, 6) is -0.482. The zero-order chi connectivity index (χ0) is 17.7. The summed E-state index contributed by atoms with van der Waals surface area (Å²) in [6, 6.07) is 12.7. The molecule has 0 aliphatic carbocycles. The molecule has 24 heavy (non-hydrogen) atoms. The number of nitrogens with two attached hydrogens (primary N) is 2. The second-order valence-corrected chi connectivity index (χ2v) is 5.64. The minimum Gasteiger partial charge on any atom is -0.397 e. The molecule has 2 amide bonds. The number of rotatable bonds is 6. The average Bonchev–Trinajstić information content (AvgIpc) is 2.55. The molecule has 2 rings (SSSR count). The molecule has 6 heteroatoms. The zero-order valence-electron chi connectivity index (χ0n) is 13.9. The Kier molecular flexibility index (Phi) is 5.42. The fraction of sp³-hybridized carbons (Fsp3) is 0.222. The first kappa shape index (κ1) is 17.3. The average molecular weight is 326 g/mol. The Morgan fingerprint density at radius 3 is 2.38 bits per heavy atom. The molecule has 0 radical (unpaired) electrons. The summed E-state index contributed by atoms with van der Waals surface area (Å²) in [6.07, 6.45) is 0.229. The van der Waals surface area contributed by atoms with Crippen molar-refractivity contribution in [3.63, 3.8) is 0 Å². The molecule has 2 aromatic carbocycles. The molecule has 126 valence electrons. The smallest absolute Gasteiger partial charge is 0.258 e. The van der Waals surface area contributed by atoms with E-state index in [9.17, 15) is 9.59 Å². The molecule has 0 fully saturated rings. The van der Waals surface area contributed by atoms with Crippen LogP contribution in [0.4, 0.5) is 17.1 Å². The first-order valence-corrected chi connectivity index (χ1v) is 7.65. The molecule has 0 saturated carbocycles. The fourth-order valence-electron chi connectivity index (χ4n) is 2.25. The van der Waals surface area contributed by atoms with Gasteiger partial charge < -0.3 is 21.7 Å². The van der Waals surface area contributed by atoms with Gasteiger partial charge in [0.05, 0.1) is 11.4 Å². The number of carbonyl (C=O) groups is 2. The summed E-state index contributed by atoms with van der Waals surface area (Å²) in [5.41, 5.74) is 14.7. The first-order chi connectivity index (χ1) is 11.4. The Hall–Kier alpha value is -3.02. The summed E-state index contributed by atoms with van der Waals surface area (Å²) in [7, 11) is 1.71. The SMILES string of the molecule is Cc1ccc(C(=O)N(C)c2ccc(NCCC(N)=O)c(N)c2)cc1. The Morgan fingerprint density at radius 1 is 1.12 bits per heavy atom. The molecule has 0 saturated heterocycles. The molecule has 5 N–H and O–H groups in total. The van der Waals surface area contributed by atoms with Gasteiger partial charge in [0.25, 0.3) is 5.91 Å². The minimum absolute atomic E-state index is 0.108. The third-order valence-corrected chi connectivity index (χ3v) is 3.71. The maximum atomic E-state index is 12.5. The van der Waals surface area contributed by atoms with Crippen molar-refractivity contribution in [1.29, 1.82) is 0 Å². The number of nitrogens with one attached hydrogen (secondary N) is 1. The molecule has 0 spiro atoms. The van der Waals surface area contributed by atoms with Gasteiger partial charge in [0.1, 0.15) is 0 Å². The van der Waals surface area contributed by atoms with Crippen molar-refractivity contribution in [2.24, 2.45) is 5.73 Å². The second-order valence-electron chi connectivity index (χ2n) is 5.64. The fourth-order valence-corrected chi connectivity index (χ4v) is 2.25. The van der Waals surface area contributed by atoms with Gasteiger partial charge in [-0.15, -0.1) is 0 Å². The molecule has 0 aliphatic heterocycles. The third kappa shape index (κ3) is 4.25. The Morgan fingerprint density at radius 2 is 1.79 bits per heavy atom. The van der Waals surface area contributed by atoms with Gasteiger partial charge in [-0.2, -0.15) is 0 Å².